The maximum Gasteiger partial charge on any atom is 0.0408 e. The van der Waals surface area contributed by atoms with Crippen molar-refractivity contribution in [2.24, 2.45) is 0 Å². The second-order valence-corrected chi connectivity index (χ2v) is 7.83. The van der Waals surface area contributed by atoms with Crippen molar-refractivity contribution in [3.63, 3.8) is 0 Å². The van der Waals surface area contributed by atoms with Crippen LogP contribution in [0.25, 0.3) is 31.3 Å². The molecule has 0 amide bonds. The summed E-state index contributed by atoms with van der Waals surface area (Å²) in [6, 6.07) is 34.7. The van der Waals surface area contributed by atoms with Gasteiger partial charge in [0.05, 0.1) is 0 Å². The first-order chi connectivity index (χ1) is 13.3. The Morgan fingerprint density at radius 3 is 2.00 bits per heavy atom. The van der Waals surface area contributed by atoms with Crippen LogP contribution in [0.15, 0.2) is 97.1 Å². The fraction of sp³-hybridized carbons (Fsp3) is 0.0400. The molecule has 130 valence electrons. The van der Waals surface area contributed by atoms with Crippen LogP contribution >= 0.6 is 11.3 Å². The van der Waals surface area contributed by atoms with Crippen molar-refractivity contribution >= 4 is 42.9 Å². The van der Waals surface area contributed by atoms with Gasteiger partial charge in [0.25, 0.3) is 0 Å². The van der Waals surface area contributed by atoms with E-state index in [1.807, 2.05) is 17.4 Å². The van der Waals surface area contributed by atoms with Crippen LogP contribution in [0, 0.1) is 0 Å². The summed E-state index contributed by atoms with van der Waals surface area (Å²) in [5, 5.41) is 2.70. The summed E-state index contributed by atoms with van der Waals surface area (Å²) in [6.07, 6.45) is 0. The summed E-state index contributed by atoms with van der Waals surface area (Å²) in [7, 11) is 2.10. The number of hydrogen-bond donors (Lipinski definition) is 0. The SMILES string of the molecule is CN(c1ccccc1)c1ccc(-c2ccc3c(c2)sc2ccccc23)cc1. The lowest BCUT2D eigenvalue weighted by molar-refractivity contribution is 1.21. The Bertz CT molecular complexity index is 1220. The van der Waals surface area contributed by atoms with E-state index in [1.54, 1.807) is 0 Å². The van der Waals surface area contributed by atoms with Gasteiger partial charge in [-0.15, -0.1) is 11.3 Å². The molecule has 1 nitrogen and oxygen atoms in total. The molecule has 0 radical (unpaired) electrons. The molecule has 2 heteroatoms. The fourth-order valence-electron chi connectivity index (χ4n) is 3.58. The topological polar surface area (TPSA) is 3.24 Å². The summed E-state index contributed by atoms with van der Waals surface area (Å²) in [5.74, 6) is 0. The smallest absolute Gasteiger partial charge is 0.0408 e. The third-order valence-corrected chi connectivity index (χ3v) is 6.24. The third kappa shape index (κ3) is 2.88. The van der Waals surface area contributed by atoms with Crippen molar-refractivity contribution in [2.75, 3.05) is 11.9 Å². The molecule has 5 rings (SSSR count). The molecule has 0 aliphatic rings. The molecule has 0 spiro atoms. The molecule has 0 fully saturated rings. The molecule has 0 unspecified atom stereocenters. The van der Waals surface area contributed by atoms with Crippen LogP contribution in [0.2, 0.25) is 0 Å². The summed E-state index contributed by atoms with van der Waals surface area (Å²) in [4.78, 5) is 2.21. The lowest BCUT2D eigenvalue weighted by Gasteiger charge is -2.19. The Labute approximate surface area is 163 Å². The maximum atomic E-state index is 2.32. The minimum atomic E-state index is 1.19. The van der Waals surface area contributed by atoms with Crippen molar-refractivity contribution in [1.29, 1.82) is 0 Å². The molecule has 0 atom stereocenters. The van der Waals surface area contributed by atoms with E-state index in [0.717, 1.165) is 0 Å². The van der Waals surface area contributed by atoms with Gasteiger partial charge >= 0.3 is 0 Å². The molecular weight excluding hydrogens is 346 g/mol. The maximum absolute atomic E-state index is 2.32. The number of thiophene rings is 1. The van der Waals surface area contributed by atoms with Crippen LogP contribution in [0.4, 0.5) is 11.4 Å². The number of nitrogens with zero attached hydrogens (tertiary/aromatic N) is 1. The Hall–Kier alpha value is -3.10. The predicted molar refractivity (Wildman–Crippen MR) is 119 cm³/mol. The summed E-state index contributed by atoms with van der Waals surface area (Å²) < 4.78 is 2.70. The van der Waals surface area contributed by atoms with Gasteiger partial charge in [0.2, 0.25) is 0 Å². The van der Waals surface area contributed by atoms with Gasteiger partial charge in [-0.3, -0.25) is 0 Å². The number of benzene rings is 4. The largest absolute Gasteiger partial charge is 0.345 e. The van der Waals surface area contributed by atoms with E-state index in [1.165, 1.54) is 42.7 Å². The highest BCUT2D eigenvalue weighted by atomic mass is 32.1. The van der Waals surface area contributed by atoms with E-state index in [9.17, 15) is 0 Å². The van der Waals surface area contributed by atoms with Gasteiger partial charge in [-0.25, -0.2) is 0 Å². The Kier molecular flexibility index (Phi) is 3.92. The zero-order valence-electron chi connectivity index (χ0n) is 15.1. The van der Waals surface area contributed by atoms with Crippen molar-refractivity contribution in [1.82, 2.24) is 0 Å². The van der Waals surface area contributed by atoms with Crippen LogP contribution in [-0.2, 0) is 0 Å². The molecule has 0 N–H and O–H groups in total. The highest BCUT2D eigenvalue weighted by Crippen LogP contribution is 2.36. The summed E-state index contributed by atoms with van der Waals surface area (Å²) >= 11 is 1.87. The normalized spacial score (nSPS) is 11.1. The van der Waals surface area contributed by atoms with E-state index < -0.39 is 0 Å². The average molecular weight is 366 g/mol. The number of hydrogen-bond acceptors (Lipinski definition) is 2. The van der Waals surface area contributed by atoms with E-state index in [2.05, 4.69) is 103 Å². The van der Waals surface area contributed by atoms with Gasteiger partial charge < -0.3 is 4.90 Å². The Balaban J connectivity index is 1.50. The van der Waals surface area contributed by atoms with Crippen molar-refractivity contribution in [3.05, 3.63) is 97.1 Å². The van der Waals surface area contributed by atoms with E-state index >= 15 is 0 Å². The standard InChI is InChI=1S/C25H19NS/c1-26(20-7-3-2-4-8-20)21-14-11-18(12-15-21)19-13-16-23-22-9-5-6-10-24(22)27-25(23)17-19/h2-17H,1H3. The fourth-order valence-corrected chi connectivity index (χ4v) is 4.73. The molecule has 0 saturated carbocycles. The number of fused-ring (bicyclic) bond motifs is 3. The van der Waals surface area contributed by atoms with Gasteiger partial charge in [-0.1, -0.05) is 60.7 Å². The van der Waals surface area contributed by atoms with Crippen LogP contribution in [0.1, 0.15) is 0 Å². The van der Waals surface area contributed by atoms with Crippen LogP contribution in [0.5, 0.6) is 0 Å². The minimum absolute atomic E-state index is 1.19. The van der Waals surface area contributed by atoms with E-state index in [0.29, 0.717) is 0 Å². The zero-order chi connectivity index (χ0) is 18.2. The van der Waals surface area contributed by atoms with Crippen molar-refractivity contribution in [2.45, 2.75) is 0 Å². The Morgan fingerprint density at radius 2 is 1.19 bits per heavy atom. The second-order valence-electron chi connectivity index (χ2n) is 6.75. The molecule has 0 bridgehead atoms. The van der Waals surface area contributed by atoms with Gasteiger partial charge in [-0.05, 0) is 47.5 Å². The van der Waals surface area contributed by atoms with Gasteiger partial charge in [0, 0.05) is 38.6 Å². The quantitative estimate of drug-likeness (QED) is 0.320. The van der Waals surface area contributed by atoms with Gasteiger partial charge in [0.1, 0.15) is 0 Å². The molecule has 1 aromatic heterocycles. The number of rotatable bonds is 3. The highest BCUT2D eigenvalue weighted by molar-refractivity contribution is 7.25. The molecule has 0 saturated heterocycles. The zero-order valence-corrected chi connectivity index (χ0v) is 15.9. The van der Waals surface area contributed by atoms with Crippen molar-refractivity contribution < 1.29 is 0 Å². The third-order valence-electron chi connectivity index (χ3n) is 5.11. The first-order valence-corrected chi connectivity index (χ1v) is 9.92. The van der Waals surface area contributed by atoms with Crippen LogP contribution in [-0.4, -0.2) is 7.05 Å². The van der Waals surface area contributed by atoms with Crippen molar-refractivity contribution in [3.8, 4) is 11.1 Å². The molecule has 4 aromatic carbocycles. The van der Waals surface area contributed by atoms with Crippen LogP contribution in [0.3, 0.4) is 0 Å². The molecule has 5 aromatic rings. The van der Waals surface area contributed by atoms with E-state index in [4.69, 9.17) is 0 Å². The first kappa shape index (κ1) is 16.1. The summed E-state index contributed by atoms with van der Waals surface area (Å²) in [5.41, 5.74) is 4.90. The lowest BCUT2D eigenvalue weighted by Crippen LogP contribution is -2.08. The molecular formula is C25H19NS. The first-order valence-electron chi connectivity index (χ1n) is 9.10. The average Bonchev–Trinajstić information content (AvgIpc) is 3.12. The second kappa shape index (κ2) is 6.57. The summed E-state index contributed by atoms with van der Waals surface area (Å²) in [6.45, 7) is 0. The number of para-hydroxylation sites is 1. The van der Waals surface area contributed by atoms with Crippen LogP contribution < -0.4 is 4.90 Å². The Morgan fingerprint density at radius 1 is 0.556 bits per heavy atom. The van der Waals surface area contributed by atoms with Gasteiger partial charge in [0.15, 0.2) is 0 Å². The predicted octanol–water partition coefficient (Wildman–Crippen LogP) is 7.49. The monoisotopic (exact) mass is 365 g/mol. The molecule has 0 aliphatic carbocycles. The van der Waals surface area contributed by atoms with E-state index in [-0.39, 0.29) is 0 Å². The van der Waals surface area contributed by atoms with Gasteiger partial charge in [-0.2, -0.15) is 0 Å². The number of anilines is 2. The minimum Gasteiger partial charge on any atom is -0.345 e. The highest BCUT2D eigenvalue weighted by Gasteiger charge is 2.07. The molecule has 27 heavy (non-hydrogen) atoms. The molecule has 0 aliphatic heterocycles. The lowest BCUT2D eigenvalue weighted by atomic mass is 10.0. The molecule has 1 heterocycles.